The zero-order valence-corrected chi connectivity index (χ0v) is 10.6. The standard InChI is InChI=1S/C13H25N/c1-7-10(3)9-14-13(6)12(5)11(4)8-2/h10H,7-9H2,1-6H3/b12-11-,14-13-/t10-/m1/s1. The molecule has 0 spiro atoms. The van der Waals surface area contributed by atoms with Crippen molar-refractivity contribution in [1.29, 1.82) is 0 Å². The molecular formula is C13H25N. The second-order valence-corrected chi connectivity index (χ2v) is 4.20. The molecule has 0 saturated heterocycles. The minimum absolute atomic E-state index is 0.708. The van der Waals surface area contributed by atoms with Crippen LogP contribution in [0.4, 0.5) is 0 Å². The topological polar surface area (TPSA) is 12.4 Å². The smallest absolute Gasteiger partial charge is 0.0418 e. The Balaban J connectivity index is 4.38. The number of allylic oxidation sites excluding steroid dienone is 2. The summed E-state index contributed by atoms with van der Waals surface area (Å²) < 4.78 is 0. The van der Waals surface area contributed by atoms with Crippen LogP contribution in [0.1, 0.15) is 54.4 Å². The summed E-state index contributed by atoms with van der Waals surface area (Å²) in [4.78, 5) is 4.62. The van der Waals surface area contributed by atoms with Gasteiger partial charge in [0.15, 0.2) is 0 Å². The van der Waals surface area contributed by atoms with Gasteiger partial charge in [-0.3, -0.25) is 4.99 Å². The van der Waals surface area contributed by atoms with Crippen molar-refractivity contribution >= 4 is 5.71 Å². The van der Waals surface area contributed by atoms with E-state index < -0.39 is 0 Å². The first kappa shape index (κ1) is 13.4. The Bertz CT molecular complexity index is 223. The van der Waals surface area contributed by atoms with E-state index in [1.54, 1.807) is 0 Å². The minimum Gasteiger partial charge on any atom is -0.290 e. The fraction of sp³-hybridized carbons (Fsp3) is 0.769. The number of hydrogen-bond donors (Lipinski definition) is 0. The van der Waals surface area contributed by atoms with Crippen LogP contribution in [0.3, 0.4) is 0 Å². The highest BCUT2D eigenvalue weighted by Crippen LogP contribution is 2.10. The summed E-state index contributed by atoms with van der Waals surface area (Å²) in [6.07, 6.45) is 2.34. The number of nitrogens with zero attached hydrogens (tertiary/aromatic N) is 1. The zero-order valence-electron chi connectivity index (χ0n) is 10.6. The van der Waals surface area contributed by atoms with Crippen molar-refractivity contribution < 1.29 is 0 Å². The maximum absolute atomic E-state index is 4.62. The lowest BCUT2D eigenvalue weighted by molar-refractivity contribution is 0.577. The van der Waals surface area contributed by atoms with Crippen molar-refractivity contribution in [2.75, 3.05) is 6.54 Å². The van der Waals surface area contributed by atoms with Gasteiger partial charge in [0.1, 0.15) is 0 Å². The van der Waals surface area contributed by atoms with Gasteiger partial charge in [-0.1, -0.05) is 32.8 Å². The van der Waals surface area contributed by atoms with Crippen LogP contribution in [0.15, 0.2) is 16.1 Å². The van der Waals surface area contributed by atoms with E-state index in [1.807, 2.05) is 0 Å². The summed E-state index contributed by atoms with van der Waals surface area (Å²) in [6.45, 7) is 14.1. The average Bonchev–Trinajstić information content (AvgIpc) is 2.22. The SMILES string of the molecule is CC/C(C)=C(C)\C(C)=N/C[C@H](C)CC. The number of rotatable bonds is 5. The fourth-order valence-corrected chi connectivity index (χ4v) is 1.11. The van der Waals surface area contributed by atoms with Crippen LogP contribution in [-0.4, -0.2) is 12.3 Å². The van der Waals surface area contributed by atoms with Crippen LogP contribution in [0.2, 0.25) is 0 Å². The molecule has 0 rings (SSSR count). The van der Waals surface area contributed by atoms with Gasteiger partial charge in [-0.05, 0) is 38.7 Å². The van der Waals surface area contributed by atoms with Crippen LogP contribution < -0.4 is 0 Å². The summed E-state index contributed by atoms with van der Waals surface area (Å²) in [7, 11) is 0. The molecule has 82 valence electrons. The van der Waals surface area contributed by atoms with E-state index in [-0.39, 0.29) is 0 Å². The Labute approximate surface area is 89.3 Å². The van der Waals surface area contributed by atoms with Crippen LogP contribution >= 0.6 is 0 Å². The highest BCUT2D eigenvalue weighted by Gasteiger charge is 2.00. The molecule has 0 aromatic carbocycles. The van der Waals surface area contributed by atoms with E-state index in [1.165, 1.54) is 23.3 Å². The van der Waals surface area contributed by atoms with E-state index >= 15 is 0 Å². The average molecular weight is 195 g/mol. The summed E-state index contributed by atoms with van der Waals surface area (Å²) in [6, 6.07) is 0. The molecule has 0 N–H and O–H groups in total. The fourth-order valence-electron chi connectivity index (χ4n) is 1.11. The second-order valence-electron chi connectivity index (χ2n) is 4.20. The molecule has 1 heteroatoms. The molecule has 0 aliphatic carbocycles. The first-order valence-electron chi connectivity index (χ1n) is 5.70. The first-order valence-corrected chi connectivity index (χ1v) is 5.70. The van der Waals surface area contributed by atoms with Crippen LogP contribution in [-0.2, 0) is 0 Å². The predicted octanol–water partition coefficient (Wildman–Crippen LogP) is 4.24. The third-order valence-corrected chi connectivity index (χ3v) is 3.05. The monoisotopic (exact) mass is 195 g/mol. The van der Waals surface area contributed by atoms with E-state index in [2.05, 4.69) is 46.5 Å². The zero-order chi connectivity index (χ0) is 11.1. The van der Waals surface area contributed by atoms with Gasteiger partial charge in [0.2, 0.25) is 0 Å². The lowest BCUT2D eigenvalue weighted by Crippen LogP contribution is -2.03. The Morgan fingerprint density at radius 2 is 1.71 bits per heavy atom. The molecule has 14 heavy (non-hydrogen) atoms. The molecule has 0 aromatic rings. The van der Waals surface area contributed by atoms with Crippen molar-refractivity contribution in [2.24, 2.45) is 10.9 Å². The van der Waals surface area contributed by atoms with Crippen LogP contribution in [0.5, 0.6) is 0 Å². The summed E-state index contributed by atoms with van der Waals surface area (Å²) in [5.74, 6) is 0.708. The van der Waals surface area contributed by atoms with Crippen molar-refractivity contribution in [1.82, 2.24) is 0 Å². The summed E-state index contributed by atoms with van der Waals surface area (Å²) >= 11 is 0. The van der Waals surface area contributed by atoms with Crippen LogP contribution in [0, 0.1) is 5.92 Å². The van der Waals surface area contributed by atoms with E-state index in [9.17, 15) is 0 Å². The Morgan fingerprint density at radius 3 is 2.14 bits per heavy atom. The van der Waals surface area contributed by atoms with Gasteiger partial charge in [0.05, 0.1) is 0 Å². The predicted molar refractivity (Wildman–Crippen MR) is 66.1 cm³/mol. The molecule has 1 nitrogen and oxygen atoms in total. The maximum atomic E-state index is 4.62. The Hall–Kier alpha value is -0.590. The Morgan fingerprint density at radius 1 is 1.14 bits per heavy atom. The van der Waals surface area contributed by atoms with Crippen molar-refractivity contribution in [3.63, 3.8) is 0 Å². The van der Waals surface area contributed by atoms with E-state index in [4.69, 9.17) is 0 Å². The number of aliphatic imine (C=N–C) groups is 1. The van der Waals surface area contributed by atoms with Gasteiger partial charge < -0.3 is 0 Å². The van der Waals surface area contributed by atoms with E-state index in [0.717, 1.165) is 13.0 Å². The first-order chi connectivity index (χ1) is 6.52. The molecule has 0 aliphatic heterocycles. The van der Waals surface area contributed by atoms with Crippen LogP contribution in [0.25, 0.3) is 0 Å². The Kier molecular flexibility index (Phi) is 6.52. The molecule has 0 bridgehead atoms. The quantitative estimate of drug-likeness (QED) is 0.582. The molecule has 0 fully saturated rings. The lowest BCUT2D eigenvalue weighted by Gasteiger charge is -2.08. The van der Waals surface area contributed by atoms with Gasteiger partial charge in [-0.25, -0.2) is 0 Å². The van der Waals surface area contributed by atoms with Crippen molar-refractivity contribution in [3.8, 4) is 0 Å². The van der Waals surface area contributed by atoms with Gasteiger partial charge in [-0.15, -0.1) is 0 Å². The summed E-state index contributed by atoms with van der Waals surface area (Å²) in [5, 5.41) is 0. The third-order valence-electron chi connectivity index (χ3n) is 3.05. The second kappa shape index (κ2) is 6.80. The molecule has 0 saturated carbocycles. The lowest BCUT2D eigenvalue weighted by atomic mass is 10.0. The van der Waals surface area contributed by atoms with Crippen molar-refractivity contribution in [2.45, 2.75) is 54.4 Å². The highest BCUT2D eigenvalue weighted by molar-refractivity contribution is 5.98. The molecule has 1 atom stereocenters. The molecular weight excluding hydrogens is 170 g/mol. The highest BCUT2D eigenvalue weighted by atomic mass is 14.7. The molecule has 0 aromatic heterocycles. The molecule has 0 unspecified atom stereocenters. The maximum Gasteiger partial charge on any atom is 0.0418 e. The third kappa shape index (κ3) is 4.59. The van der Waals surface area contributed by atoms with E-state index in [0.29, 0.717) is 5.92 Å². The number of hydrogen-bond acceptors (Lipinski definition) is 1. The summed E-state index contributed by atoms with van der Waals surface area (Å²) in [5.41, 5.74) is 4.04. The normalized spacial score (nSPS) is 16.6. The van der Waals surface area contributed by atoms with Gasteiger partial charge in [0, 0.05) is 12.3 Å². The van der Waals surface area contributed by atoms with Gasteiger partial charge in [-0.2, -0.15) is 0 Å². The molecule has 0 heterocycles. The van der Waals surface area contributed by atoms with Crippen molar-refractivity contribution in [3.05, 3.63) is 11.1 Å². The minimum atomic E-state index is 0.708. The van der Waals surface area contributed by atoms with Gasteiger partial charge >= 0.3 is 0 Å². The molecule has 0 amide bonds. The largest absolute Gasteiger partial charge is 0.290 e. The molecule has 0 radical (unpaired) electrons. The van der Waals surface area contributed by atoms with Gasteiger partial charge in [0.25, 0.3) is 0 Å². The molecule has 0 aliphatic rings.